The topological polar surface area (TPSA) is 91.6 Å². The van der Waals surface area contributed by atoms with Crippen molar-refractivity contribution in [2.75, 3.05) is 19.0 Å². The highest BCUT2D eigenvalue weighted by atomic mass is 32.1. The number of hydrogen-bond donors (Lipinski definition) is 1. The Balaban J connectivity index is 1.69. The summed E-state index contributed by atoms with van der Waals surface area (Å²) in [4.78, 5) is 39.2. The van der Waals surface area contributed by atoms with Crippen LogP contribution in [0.2, 0.25) is 0 Å². The van der Waals surface area contributed by atoms with Crippen LogP contribution >= 0.6 is 11.3 Å². The van der Waals surface area contributed by atoms with E-state index in [1.54, 1.807) is 55.0 Å². The van der Waals surface area contributed by atoms with E-state index < -0.39 is 11.6 Å². The molecule has 0 atom stereocenters. The SMILES string of the molecule is CCOc1ccccc1NC(=O)Cn1c(=O)n(Cc2cccc(OC)c2)c(=O)c2sccc21. The predicted molar refractivity (Wildman–Crippen MR) is 129 cm³/mol. The van der Waals surface area contributed by atoms with E-state index in [4.69, 9.17) is 9.47 Å². The number of fused-ring (bicyclic) bond motifs is 1. The number of nitrogens with zero attached hydrogens (tertiary/aromatic N) is 2. The Morgan fingerprint density at radius 1 is 1.06 bits per heavy atom. The standard InChI is InChI=1S/C24H23N3O5S/c1-3-32-20-10-5-4-9-18(20)25-21(28)15-26-19-11-12-33-22(19)23(29)27(24(26)30)14-16-7-6-8-17(13-16)31-2/h4-13H,3,14-15H2,1-2H3,(H,25,28). The molecule has 170 valence electrons. The number of methoxy groups -OCH3 is 1. The smallest absolute Gasteiger partial charge is 0.332 e. The zero-order chi connectivity index (χ0) is 23.4. The Hall–Kier alpha value is -3.85. The lowest BCUT2D eigenvalue weighted by Gasteiger charge is -2.14. The molecular weight excluding hydrogens is 442 g/mol. The number of nitrogens with one attached hydrogen (secondary N) is 1. The average molecular weight is 466 g/mol. The van der Waals surface area contributed by atoms with Crippen LogP contribution in [0, 0.1) is 0 Å². The Morgan fingerprint density at radius 3 is 2.67 bits per heavy atom. The third-order valence-electron chi connectivity index (χ3n) is 5.07. The van der Waals surface area contributed by atoms with Crippen molar-refractivity contribution in [1.82, 2.24) is 9.13 Å². The molecule has 8 nitrogen and oxygen atoms in total. The largest absolute Gasteiger partial charge is 0.497 e. The van der Waals surface area contributed by atoms with E-state index in [-0.39, 0.29) is 18.6 Å². The molecule has 33 heavy (non-hydrogen) atoms. The lowest BCUT2D eigenvalue weighted by molar-refractivity contribution is -0.116. The Bertz CT molecular complexity index is 1420. The fourth-order valence-electron chi connectivity index (χ4n) is 3.56. The van der Waals surface area contributed by atoms with Crippen LogP contribution in [0.3, 0.4) is 0 Å². The Labute approximate surface area is 193 Å². The van der Waals surface area contributed by atoms with Crippen molar-refractivity contribution in [2.45, 2.75) is 20.0 Å². The quantitative estimate of drug-likeness (QED) is 0.431. The van der Waals surface area contributed by atoms with Gasteiger partial charge in [0, 0.05) is 0 Å². The maximum absolute atomic E-state index is 13.3. The first kappa shape index (κ1) is 22.3. The fraction of sp³-hybridized carbons (Fsp3) is 0.208. The molecule has 2 aromatic heterocycles. The van der Waals surface area contributed by atoms with Crippen LogP contribution in [-0.4, -0.2) is 28.8 Å². The number of ether oxygens (including phenoxy) is 2. The molecule has 2 aromatic carbocycles. The molecule has 0 radical (unpaired) electrons. The van der Waals surface area contributed by atoms with Crippen molar-refractivity contribution in [2.24, 2.45) is 0 Å². The summed E-state index contributed by atoms with van der Waals surface area (Å²) < 4.78 is 13.7. The van der Waals surface area contributed by atoms with Gasteiger partial charge in [-0.1, -0.05) is 24.3 Å². The number of amides is 1. The number of carbonyl (C=O) groups is 1. The summed E-state index contributed by atoms with van der Waals surface area (Å²) in [5, 5.41) is 4.54. The second kappa shape index (κ2) is 9.74. The van der Waals surface area contributed by atoms with Crippen LogP contribution in [-0.2, 0) is 17.9 Å². The van der Waals surface area contributed by atoms with Crippen molar-refractivity contribution in [3.05, 3.63) is 86.4 Å². The van der Waals surface area contributed by atoms with E-state index in [1.165, 1.54) is 15.9 Å². The summed E-state index contributed by atoms with van der Waals surface area (Å²) in [5.74, 6) is 0.776. The van der Waals surface area contributed by atoms with Gasteiger partial charge in [0.25, 0.3) is 5.56 Å². The second-order valence-corrected chi connectivity index (χ2v) is 8.14. The minimum Gasteiger partial charge on any atom is -0.497 e. The summed E-state index contributed by atoms with van der Waals surface area (Å²) in [5.41, 5.74) is 0.757. The molecule has 0 unspecified atom stereocenters. The molecule has 0 aliphatic heterocycles. The number of anilines is 1. The van der Waals surface area contributed by atoms with Gasteiger partial charge in [-0.25, -0.2) is 4.79 Å². The Morgan fingerprint density at radius 2 is 1.88 bits per heavy atom. The summed E-state index contributed by atoms with van der Waals surface area (Å²) in [7, 11) is 1.55. The van der Waals surface area contributed by atoms with Gasteiger partial charge in [0.15, 0.2) is 0 Å². The van der Waals surface area contributed by atoms with E-state index in [0.29, 0.717) is 34.0 Å². The highest BCUT2D eigenvalue weighted by Gasteiger charge is 2.17. The molecule has 0 aliphatic rings. The number of benzene rings is 2. The van der Waals surface area contributed by atoms with Gasteiger partial charge in [-0.15, -0.1) is 11.3 Å². The van der Waals surface area contributed by atoms with Gasteiger partial charge in [0.05, 0.1) is 31.5 Å². The lowest BCUT2D eigenvalue weighted by atomic mass is 10.2. The number of hydrogen-bond acceptors (Lipinski definition) is 6. The number of rotatable bonds is 8. The molecule has 1 N–H and O–H groups in total. The molecule has 4 aromatic rings. The van der Waals surface area contributed by atoms with Gasteiger partial charge in [0.1, 0.15) is 22.7 Å². The van der Waals surface area contributed by atoms with E-state index in [2.05, 4.69) is 5.32 Å². The monoisotopic (exact) mass is 465 g/mol. The number of thiophene rings is 1. The van der Waals surface area contributed by atoms with Crippen LogP contribution in [0.25, 0.3) is 10.2 Å². The zero-order valence-electron chi connectivity index (χ0n) is 18.2. The highest BCUT2D eigenvalue weighted by molar-refractivity contribution is 7.17. The summed E-state index contributed by atoms with van der Waals surface area (Å²) in [6, 6.07) is 15.9. The Kier molecular flexibility index (Phi) is 6.60. The molecule has 0 saturated heterocycles. The van der Waals surface area contributed by atoms with Crippen LogP contribution < -0.4 is 26.0 Å². The molecule has 4 rings (SSSR count). The first-order valence-electron chi connectivity index (χ1n) is 10.4. The fourth-order valence-corrected chi connectivity index (χ4v) is 4.41. The molecule has 1 amide bonds. The van der Waals surface area contributed by atoms with Gasteiger partial charge in [0.2, 0.25) is 5.91 Å². The highest BCUT2D eigenvalue weighted by Crippen LogP contribution is 2.24. The lowest BCUT2D eigenvalue weighted by Crippen LogP contribution is -2.41. The molecule has 9 heteroatoms. The summed E-state index contributed by atoms with van der Waals surface area (Å²) in [6.07, 6.45) is 0. The van der Waals surface area contributed by atoms with E-state index in [9.17, 15) is 14.4 Å². The number of aromatic nitrogens is 2. The van der Waals surface area contributed by atoms with Crippen molar-refractivity contribution in [3.63, 3.8) is 0 Å². The molecule has 0 saturated carbocycles. The van der Waals surface area contributed by atoms with Crippen LogP contribution in [0.15, 0.2) is 69.6 Å². The van der Waals surface area contributed by atoms with Gasteiger partial charge in [-0.2, -0.15) is 0 Å². The predicted octanol–water partition coefficient (Wildman–Crippen LogP) is 3.32. The van der Waals surface area contributed by atoms with E-state index in [0.717, 1.165) is 10.1 Å². The number of para-hydroxylation sites is 2. The van der Waals surface area contributed by atoms with Crippen molar-refractivity contribution < 1.29 is 14.3 Å². The van der Waals surface area contributed by atoms with Crippen molar-refractivity contribution in [3.8, 4) is 11.5 Å². The third-order valence-corrected chi connectivity index (χ3v) is 5.97. The molecule has 0 bridgehead atoms. The zero-order valence-corrected chi connectivity index (χ0v) is 19.1. The molecule has 0 aliphatic carbocycles. The van der Waals surface area contributed by atoms with Crippen molar-refractivity contribution >= 4 is 33.1 Å². The van der Waals surface area contributed by atoms with E-state index >= 15 is 0 Å². The molecule has 0 fully saturated rings. The average Bonchev–Trinajstić information content (AvgIpc) is 3.31. The van der Waals surface area contributed by atoms with E-state index in [1.807, 2.05) is 19.1 Å². The van der Waals surface area contributed by atoms with Gasteiger partial charge in [-0.05, 0) is 48.2 Å². The van der Waals surface area contributed by atoms with Crippen LogP contribution in [0.5, 0.6) is 11.5 Å². The maximum Gasteiger partial charge on any atom is 0.332 e. The number of carbonyl (C=O) groups excluding carboxylic acids is 1. The van der Waals surface area contributed by atoms with Gasteiger partial charge < -0.3 is 14.8 Å². The van der Waals surface area contributed by atoms with Gasteiger partial charge in [-0.3, -0.25) is 18.7 Å². The maximum atomic E-state index is 13.3. The summed E-state index contributed by atoms with van der Waals surface area (Å²) in [6.45, 7) is 2.14. The molecule has 2 heterocycles. The van der Waals surface area contributed by atoms with Crippen LogP contribution in [0.4, 0.5) is 5.69 Å². The normalized spacial score (nSPS) is 10.8. The second-order valence-electron chi connectivity index (χ2n) is 7.22. The minimum absolute atomic E-state index is 0.0670. The summed E-state index contributed by atoms with van der Waals surface area (Å²) >= 11 is 1.24. The first-order valence-corrected chi connectivity index (χ1v) is 11.2. The first-order chi connectivity index (χ1) is 16.0. The molecule has 0 spiro atoms. The minimum atomic E-state index is -0.554. The van der Waals surface area contributed by atoms with Crippen LogP contribution in [0.1, 0.15) is 12.5 Å². The third kappa shape index (κ3) is 4.68. The van der Waals surface area contributed by atoms with Crippen molar-refractivity contribution in [1.29, 1.82) is 0 Å². The van der Waals surface area contributed by atoms with Gasteiger partial charge >= 0.3 is 5.69 Å². The molecular formula is C24H23N3O5S.